The number of hydrogen-bond acceptors (Lipinski definition) is 4. The third-order valence-corrected chi connectivity index (χ3v) is 3.14. The Hall–Kier alpha value is -1.34. The van der Waals surface area contributed by atoms with Crippen molar-refractivity contribution in [2.45, 2.75) is 6.92 Å². The third kappa shape index (κ3) is 2.86. The fourth-order valence-corrected chi connectivity index (χ4v) is 2.09. The van der Waals surface area contributed by atoms with E-state index in [4.69, 9.17) is 0 Å². The first-order chi connectivity index (χ1) is 8.06. The molecule has 0 bridgehead atoms. The quantitative estimate of drug-likeness (QED) is 0.926. The lowest BCUT2D eigenvalue weighted by Gasteiger charge is -2.02. The van der Waals surface area contributed by atoms with Gasteiger partial charge in [-0.2, -0.15) is 4.37 Å². The van der Waals surface area contributed by atoms with Crippen LogP contribution in [0.2, 0.25) is 0 Å². The van der Waals surface area contributed by atoms with Crippen molar-refractivity contribution < 1.29 is 9.18 Å². The number of halogens is 2. The van der Waals surface area contributed by atoms with E-state index in [1.165, 1.54) is 12.1 Å². The molecule has 0 aliphatic carbocycles. The van der Waals surface area contributed by atoms with Gasteiger partial charge < -0.3 is 0 Å². The topological polar surface area (TPSA) is 54.9 Å². The largest absolute Gasteiger partial charge is 0.296 e. The van der Waals surface area contributed by atoms with Gasteiger partial charge in [0.1, 0.15) is 11.6 Å². The summed E-state index contributed by atoms with van der Waals surface area (Å²) in [6.45, 7) is 1.71. The summed E-state index contributed by atoms with van der Waals surface area (Å²) in [6.07, 6.45) is 0. The smallest absolute Gasteiger partial charge is 0.260 e. The minimum Gasteiger partial charge on any atom is -0.296 e. The molecule has 0 saturated heterocycles. The first kappa shape index (κ1) is 12.1. The van der Waals surface area contributed by atoms with Crippen LogP contribution < -0.4 is 5.32 Å². The average molecular weight is 316 g/mol. The summed E-state index contributed by atoms with van der Waals surface area (Å²) in [7, 11) is 0. The van der Waals surface area contributed by atoms with Crippen molar-refractivity contribution in [2.75, 3.05) is 5.32 Å². The van der Waals surface area contributed by atoms with Gasteiger partial charge in [-0.1, -0.05) is 15.9 Å². The molecule has 0 fully saturated rings. The van der Waals surface area contributed by atoms with Crippen LogP contribution in [0.1, 0.15) is 16.2 Å². The molecule has 0 radical (unpaired) electrons. The van der Waals surface area contributed by atoms with E-state index in [1.807, 2.05) is 0 Å². The van der Waals surface area contributed by atoms with Gasteiger partial charge in [0.15, 0.2) is 0 Å². The molecule has 7 heteroatoms. The maximum absolute atomic E-state index is 13.5. The first-order valence-corrected chi connectivity index (χ1v) is 6.19. The number of nitrogens with zero attached hydrogens (tertiary/aromatic N) is 2. The fraction of sp³-hybridized carbons (Fsp3) is 0.100. The maximum atomic E-state index is 13.5. The van der Waals surface area contributed by atoms with Gasteiger partial charge in [0.05, 0.1) is 5.56 Å². The molecule has 2 aromatic rings. The van der Waals surface area contributed by atoms with Crippen LogP contribution in [0.3, 0.4) is 0 Å². The molecule has 0 spiro atoms. The number of carbonyl (C=O) groups is 1. The van der Waals surface area contributed by atoms with Gasteiger partial charge in [-0.25, -0.2) is 9.37 Å². The number of rotatable bonds is 2. The maximum Gasteiger partial charge on any atom is 0.260 e. The van der Waals surface area contributed by atoms with Crippen molar-refractivity contribution in [3.8, 4) is 0 Å². The Balaban J connectivity index is 2.20. The number of amides is 1. The molecule has 0 saturated carbocycles. The van der Waals surface area contributed by atoms with Gasteiger partial charge in [-0.3, -0.25) is 10.1 Å². The summed E-state index contributed by atoms with van der Waals surface area (Å²) in [5.41, 5.74) is -0.0268. The van der Waals surface area contributed by atoms with Crippen molar-refractivity contribution in [1.82, 2.24) is 9.36 Å². The zero-order chi connectivity index (χ0) is 12.4. The molecule has 4 nitrogen and oxygen atoms in total. The first-order valence-electron chi connectivity index (χ1n) is 4.63. The molecule has 2 rings (SSSR count). The number of nitrogens with one attached hydrogen (secondary N) is 1. The molecule has 1 aromatic heterocycles. The molecular weight excluding hydrogens is 309 g/mol. The van der Waals surface area contributed by atoms with Crippen LogP contribution >= 0.6 is 27.5 Å². The van der Waals surface area contributed by atoms with Gasteiger partial charge in [0.2, 0.25) is 5.13 Å². The van der Waals surface area contributed by atoms with Crippen LogP contribution in [0.4, 0.5) is 9.52 Å². The Kier molecular flexibility index (Phi) is 3.49. The lowest BCUT2D eigenvalue weighted by Crippen LogP contribution is -2.13. The van der Waals surface area contributed by atoms with E-state index in [9.17, 15) is 9.18 Å². The van der Waals surface area contributed by atoms with Crippen molar-refractivity contribution >= 4 is 38.5 Å². The van der Waals surface area contributed by atoms with Crippen LogP contribution in [0.5, 0.6) is 0 Å². The second-order valence-corrected chi connectivity index (χ2v) is 4.89. The highest BCUT2D eigenvalue weighted by Crippen LogP contribution is 2.17. The number of benzene rings is 1. The predicted molar refractivity (Wildman–Crippen MR) is 66.7 cm³/mol. The van der Waals surface area contributed by atoms with Crippen LogP contribution in [-0.4, -0.2) is 15.3 Å². The highest BCUT2D eigenvalue weighted by molar-refractivity contribution is 9.10. The Labute approximate surface area is 109 Å². The fourth-order valence-electron chi connectivity index (χ4n) is 1.19. The second-order valence-electron chi connectivity index (χ2n) is 3.23. The second kappa shape index (κ2) is 4.89. The summed E-state index contributed by atoms with van der Waals surface area (Å²) in [5, 5.41) is 2.85. The Morgan fingerprint density at radius 2 is 2.29 bits per heavy atom. The predicted octanol–water partition coefficient (Wildman–Crippen LogP) is 3.00. The highest BCUT2D eigenvalue weighted by Gasteiger charge is 2.13. The van der Waals surface area contributed by atoms with Crippen LogP contribution in [0.15, 0.2) is 22.7 Å². The Morgan fingerprint density at radius 3 is 2.88 bits per heavy atom. The standard InChI is InChI=1S/C10H7BrFN3OS/c1-5-13-10(17-15-5)14-9(16)7-3-2-6(11)4-8(7)12/h2-4H,1H3,(H,13,14,15,16). The molecule has 0 unspecified atom stereocenters. The van der Waals surface area contributed by atoms with Crippen molar-refractivity contribution in [3.63, 3.8) is 0 Å². The molecule has 0 aliphatic heterocycles. The summed E-state index contributed by atoms with van der Waals surface area (Å²) < 4.78 is 18.0. The van der Waals surface area contributed by atoms with Crippen molar-refractivity contribution in [3.05, 3.63) is 39.9 Å². The minimum atomic E-state index is -0.585. The monoisotopic (exact) mass is 315 g/mol. The van der Waals surface area contributed by atoms with Crippen molar-refractivity contribution in [1.29, 1.82) is 0 Å². The van der Waals surface area contributed by atoms with Gasteiger partial charge in [-0.15, -0.1) is 0 Å². The summed E-state index contributed by atoms with van der Waals surface area (Å²) in [4.78, 5) is 15.7. The molecule has 1 heterocycles. The lowest BCUT2D eigenvalue weighted by atomic mass is 10.2. The normalized spacial score (nSPS) is 10.3. The number of carbonyl (C=O) groups excluding carboxylic acids is 1. The average Bonchev–Trinajstić information content (AvgIpc) is 2.63. The van der Waals surface area contributed by atoms with Gasteiger partial charge in [-0.05, 0) is 25.1 Å². The lowest BCUT2D eigenvalue weighted by molar-refractivity contribution is 0.102. The summed E-state index contributed by atoms with van der Waals surface area (Å²) >= 11 is 4.18. The number of hydrogen-bond donors (Lipinski definition) is 1. The van der Waals surface area contributed by atoms with Crippen LogP contribution in [0, 0.1) is 12.7 Å². The van der Waals surface area contributed by atoms with Gasteiger partial charge >= 0.3 is 0 Å². The number of anilines is 1. The van der Waals surface area contributed by atoms with Crippen molar-refractivity contribution in [2.24, 2.45) is 0 Å². The number of aromatic nitrogens is 2. The molecule has 0 aliphatic rings. The third-order valence-electron chi connectivity index (χ3n) is 1.92. The molecule has 17 heavy (non-hydrogen) atoms. The van der Waals surface area contributed by atoms with Gasteiger partial charge in [0, 0.05) is 16.0 Å². The van der Waals surface area contributed by atoms with E-state index in [-0.39, 0.29) is 5.56 Å². The summed E-state index contributed by atoms with van der Waals surface area (Å²) in [6, 6.07) is 4.24. The number of aryl methyl sites for hydroxylation is 1. The zero-order valence-electron chi connectivity index (χ0n) is 8.70. The Morgan fingerprint density at radius 1 is 1.53 bits per heavy atom. The molecule has 1 amide bonds. The van der Waals surface area contributed by atoms with E-state index in [0.29, 0.717) is 15.4 Å². The van der Waals surface area contributed by atoms with Crippen LogP contribution in [0.25, 0.3) is 0 Å². The molecule has 88 valence electrons. The van der Waals surface area contributed by atoms with E-state index in [2.05, 4.69) is 30.6 Å². The Bertz CT molecular complexity index is 572. The van der Waals surface area contributed by atoms with Crippen LogP contribution in [-0.2, 0) is 0 Å². The van der Waals surface area contributed by atoms with E-state index in [0.717, 1.165) is 11.5 Å². The highest BCUT2D eigenvalue weighted by atomic mass is 79.9. The van der Waals surface area contributed by atoms with E-state index < -0.39 is 11.7 Å². The zero-order valence-corrected chi connectivity index (χ0v) is 11.1. The molecule has 1 N–H and O–H groups in total. The molecule has 1 aromatic carbocycles. The molecule has 0 atom stereocenters. The van der Waals surface area contributed by atoms with E-state index in [1.54, 1.807) is 13.0 Å². The SMILES string of the molecule is Cc1nsc(NC(=O)c2ccc(Br)cc2F)n1. The minimum absolute atomic E-state index is 0.0268. The molecular formula is C10H7BrFN3OS. The summed E-state index contributed by atoms with van der Waals surface area (Å²) in [5.74, 6) is -0.550. The van der Waals surface area contributed by atoms with E-state index >= 15 is 0 Å². The van der Waals surface area contributed by atoms with Gasteiger partial charge in [0.25, 0.3) is 5.91 Å².